The summed E-state index contributed by atoms with van der Waals surface area (Å²) in [7, 11) is 1.94. The number of likely N-dealkylation sites (N-methyl/N-ethyl adjacent to an activating group) is 1. The molecule has 1 aromatic rings. The standard InChI is InChI=1S/C11H23N5S/c1-3-4-5-6-7-10-17-11-13-14-15-16(11)9-8-12-2/h12H,3-10H2,1-2H3. The number of rotatable bonds is 10. The fraction of sp³-hybridized carbons (Fsp3) is 0.909. The van der Waals surface area contributed by atoms with Crippen LogP contribution in [0.15, 0.2) is 5.16 Å². The molecule has 0 aliphatic carbocycles. The molecule has 0 bridgehead atoms. The third-order valence-corrected chi connectivity index (χ3v) is 3.60. The molecular formula is C11H23N5S. The van der Waals surface area contributed by atoms with Gasteiger partial charge in [-0.1, -0.05) is 44.4 Å². The molecule has 1 rings (SSSR count). The van der Waals surface area contributed by atoms with Gasteiger partial charge >= 0.3 is 0 Å². The highest BCUT2D eigenvalue weighted by molar-refractivity contribution is 7.99. The Morgan fingerprint density at radius 2 is 2.06 bits per heavy atom. The molecule has 1 aromatic heterocycles. The monoisotopic (exact) mass is 257 g/mol. The van der Waals surface area contributed by atoms with E-state index in [1.165, 1.54) is 32.1 Å². The van der Waals surface area contributed by atoms with Crippen molar-refractivity contribution in [2.75, 3.05) is 19.3 Å². The van der Waals surface area contributed by atoms with Crippen LogP contribution in [0.3, 0.4) is 0 Å². The first kappa shape index (κ1) is 14.4. The molecule has 0 aliphatic heterocycles. The summed E-state index contributed by atoms with van der Waals surface area (Å²) in [5.41, 5.74) is 0. The van der Waals surface area contributed by atoms with Crippen LogP contribution in [0.2, 0.25) is 0 Å². The second-order valence-corrected chi connectivity index (χ2v) is 5.11. The van der Waals surface area contributed by atoms with Gasteiger partial charge in [0.1, 0.15) is 0 Å². The SMILES string of the molecule is CCCCCCCSc1nnnn1CCNC. The van der Waals surface area contributed by atoms with Crippen molar-refractivity contribution in [1.82, 2.24) is 25.5 Å². The van der Waals surface area contributed by atoms with Crippen molar-refractivity contribution in [2.24, 2.45) is 0 Å². The van der Waals surface area contributed by atoms with E-state index < -0.39 is 0 Å². The van der Waals surface area contributed by atoms with Gasteiger partial charge in [0.05, 0.1) is 6.54 Å². The van der Waals surface area contributed by atoms with Crippen molar-refractivity contribution in [1.29, 1.82) is 0 Å². The zero-order chi connectivity index (χ0) is 12.3. The van der Waals surface area contributed by atoms with Crippen LogP contribution in [0.4, 0.5) is 0 Å². The van der Waals surface area contributed by atoms with Crippen molar-refractivity contribution in [2.45, 2.75) is 50.7 Å². The van der Waals surface area contributed by atoms with Gasteiger partial charge in [-0.3, -0.25) is 0 Å². The van der Waals surface area contributed by atoms with Gasteiger partial charge in [0, 0.05) is 12.3 Å². The van der Waals surface area contributed by atoms with E-state index in [0.29, 0.717) is 0 Å². The summed E-state index contributed by atoms with van der Waals surface area (Å²) >= 11 is 1.76. The van der Waals surface area contributed by atoms with Gasteiger partial charge in [-0.15, -0.1) is 5.10 Å². The van der Waals surface area contributed by atoms with E-state index in [1.54, 1.807) is 11.8 Å². The molecule has 98 valence electrons. The van der Waals surface area contributed by atoms with Crippen LogP contribution in [0.5, 0.6) is 0 Å². The Hall–Kier alpha value is -0.620. The van der Waals surface area contributed by atoms with Crippen molar-refractivity contribution < 1.29 is 0 Å². The first-order valence-electron chi connectivity index (χ1n) is 6.42. The minimum absolute atomic E-state index is 0.835. The van der Waals surface area contributed by atoms with Crippen LogP contribution >= 0.6 is 11.8 Å². The van der Waals surface area contributed by atoms with E-state index in [-0.39, 0.29) is 0 Å². The van der Waals surface area contributed by atoms with Crippen LogP contribution in [-0.2, 0) is 6.54 Å². The number of nitrogens with zero attached hydrogens (tertiary/aromatic N) is 4. The Kier molecular flexibility index (Phi) is 8.00. The van der Waals surface area contributed by atoms with Gasteiger partial charge in [-0.2, -0.15) is 0 Å². The summed E-state index contributed by atoms with van der Waals surface area (Å²) in [6, 6.07) is 0. The lowest BCUT2D eigenvalue weighted by molar-refractivity contribution is 0.529. The lowest BCUT2D eigenvalue weighted by Crippen LogP contribution is -2.16. The molecular weight excluding hydrogens is 234 g/mol. The largest absolute Gasteiger partial charge is 0.318 e. The summed E-state index contributed by atoms with van der Waals surface area (Å²) in [4.78, 5) is 0. The van der Waals surface area contributed by atoms with Crippen LogP contribution in [0, 0.1) is 0 Å². The molecule has 0 saturated heterocycles. The van der Waals surface area contributed by atoms with Crippen LogP contribution in [0.1, 0.15) is 39.0 Å². The average molecular weight is 257 g/mol. The number of tetrazole rings is 1. The number of hydrogen-bond donors (Lipinski definition) is 1. The minimum atomic E-state index is 0.835. The molecule has 1 N–H and O–H groups in total. The van der Waals surface area contributed by atoms with Gasteiger partial charge < -0.3 is 5.32 Å². The maximum atomic E-state index is 4.04. The highest BCUT2D eigenvalue weighted by atomic mass is 32.2. The Labute approximate surface area is 108 Å². The zero-order valence-corrected chi connectivity index (χ0v) is 11.7. The van der Waals surface area contributed by atoms with Gasteiger partial charge in [-0.05, 0) is 23.9 Å². The molecule has 0 radical (unpaired) electrons. The maximum absolute atomic E-state index is 4.04. The number of hydrogen-bond acceptors (Lipinski definition) is 5. The number of unbranched alkanes of at least 4 members (excludes halogenated alkanes) is 4. The molecule has 1 heterocycles. The van der Waals surface area contributed by atoms with E-state index in [9.17, 15) is 0 Å². The van der Waals surface area contributed by atoms with Gasteiger partial charge in [0.25, 0.3) is 0 Å². The number of aromatic nitrogens is 4. The molecule has 17 heavy (non-hydrogen) atoms. The van der Waals surface area contributed by atoms with Crippen LogP contribution in [-0.4, -0.2) is 39.6 Å². The number of thioether (sulfide) groups is 1. The Morgan fingerprint density at radius 3 is 2.82 bits per heavy atom. The molecule has 0 amide bonds. The van der Waals surface area contributed by atoms with Gasteiger partial charge in [0.2, 0.25) is 5.16 Å². The molecule has 0 unspecified atom stereocenters. The predicted octanol–water partition coefficient (Wildman–Crippen LogP) is 1.95. The van der Waals surface area contributed by atoms with Crippen molar-refractivity contribution in [3.05, 3.63) is 0 Å². The average Bonchev–Trinajstić information content (AvgIpc) is 2.78. The van der Waals surface area contributed by atoms with Crippen LogP contribution < -0.4 is 5.32 Å². The van der Waals surface area contributed by atoms with Crippen molar-refractivity contribution >= 4 is 11.8 Å². The predicted molar refractivity (Wildman–Crippen MR) is 71.2 cm³/mol. The Morgan fingerprint density at radius 1 is 1.24 bits per heavy atom. The molecule has 0 fully saturated rings. The Balaban J connectivity index is 2.15. The molecule has 0 aromatic carbocycles. The summed E-state index contributed by atoms with van der Waals surface area (Å²) in [5.74, 6) is 1.11. The minimum Gasteiger partial charge on any atom is -0.318 e. The highest BCUT2D eigenvalue weighted by Crippen LogP contribution is 2.16. The highest BCUT2D eigenvalue weighted by Gasteiger charge is 2.05. The Bertz CT molecular complexity index is 289. The fourth-order valence-electron chi connectivity index (χ4n) is 1.53. The summed E-state index contributed by atoms with van der Waals surface area (Å²) in [5, 5.41) is 15.8. The zero-order valence-electron chi connectivity index (χ0n) is 10.9. The smallest absolute Gasteiger partial charge is 0.209 e. The lowest BCUT2D eigenvalue weighted by atomic mass is 10.2. The molecule has 5 nitrogen and oxygen atoms in total. The maximum Gasteiger partial charge on any atom is 0.209 e. The van der Waals surface area contributed by atoms with E-state index in [0.717, 1.165) is 24.0 Å². The normalized spacial score (nSPS) is 10.9. The third-order valence-electron chi connectivity index (χ3n) is 2.55. The topological polar surface area (TPSA) is 55.6 Å². The fourth-order valence-corrected chi connectivity index (χ4v) is 2.43. The molecule has 0 spiro atoms. The summed E-state index contributed by atoms with van der Waals surface area (Å²) in [6.45, 7) is 3.97. The van der Waals surface area contributed by atoms with E-state index >= 15 is 0 Å². The first-order valence-corrected chi connectivity index (χ1v) is 7.40. The molecule has 6 heteroatoms. The second-order valence-electron chi connectivity index (χ2n) is 4.05. The summed E-state index contributed by atoms with van der Waals surface area (Å²) in [6.07, 6.45) is 6.57. The van der Waals surface area contributed by atoms with E-state index in [4.69, 9.17) is 0 Å². The van der Waals surface area contributed by atoms with Crippen LogP contribution in [0.25, 0.3) is 0 Å². The number of nitrogens with one attached hydrogen (secondary N) is 1. The molecule has 0 atom stereocenters. The van der Waals surface area contributed by atoms with Gasteiger partial charge in [-0.25, -0.2) is 4.68 Å². The molecule has 0 saturated carbocycles. The summed E-state index contributed by atoms with van der Waals surface area (Å²) < 4.78 is 1.87. The molecule has 0 aliphatic rings. The first-order chi connectivity index (χ1) is 8.38. The quantitative estimate of drug-likeness (QED) is 0.513. The van der Waals surface area contributed by atoms with E-state index in [2.05, 4.69) is 27.8 Å². The van der Waals surface area contributed by atoms with Crippen molar-refractivity contribution in [3.8, 4) is 0 Å². The third kappa shape index (κ3) is 6.02. The lowest BCUT2D eigenvalue weighted by Gasteiger charge is -2.03. The van der Waals surface area contributed by atoms with E-state index in [1.807, 2.05) is 11.7 Å². The van der Waals surface area contributed by atoms with Gasteiger partial charge in [0.15, 0.2) is 0 Å². The van der Waals surface area contributed by atoms with Crippen molar-refractivity contribution in [3.63, 3.8) is 0 Å². The second kappa shape index (κ2) is 9.41.